The summed E-state index contributed by atoms with van der Waals surface area (Å²) in [7, 11) is 0. The summed E-state index contributed by atoms with van der Waals surface area (Å²) in [5.74, 6) is -0.676. The van der Waals surface area contributed by atoms with Crippen LogP contribution in [0.1, 0.15) is 65.5 Å². The van der Waals surface area contributed by atoms with Crippen molar-refractivity contribution in [2.75, 3.05) is 0 Å². The second-order valence-corrected chi connectivity index (χ2v) is 9.53. The minimum atomic E-state index is -0.840. The third-order valence-electron chi connectivity index (χ3n) is 6.36. The molecule has 1 N–H and O–H groups in total. The van der Waals surface area contributed by atoms with E-state index in [4.69, 9.17) is 9.72 Å². The first kappa shape index (κ1) is 20.9. The Bertz CT molecular complexity index is 1190. The zero-order valence-corrected chi connectivity index (χ0v) is 18.9. The molecule has 32 heavy (non-hydrogen) atoms. The van der Waals surface area contributed by atoms with Crippen LogP contribution in [0.5, 0.6) is 0 Å². The number of rotatable bonds is 5. The Balaban J connectivity index is 1.47. The molecule has 2 aromatic heterocycles. The number of nitrogens with one attached hydrogen (secondary N) is 1. The van der Waals surface area contributed by atoms with Crippen LogP contribution < -0.4 is 5.32 Å². The maximum atomic E-state index is 13.3. The quantitative estimate of drug-likeness (QED) is 0.534. The van der Waals surface area contributed by atoms with Crippen LogP contribution in [-0.4, -0.2) is 29.0 Å². The number of esters is 1. The highest BCUT2D eigenvalue weighted by Crippen LogP contribution is 2.38. The van der Waals surface area contributed by atoms with Gasteiger partial charge in [0.15, 0.2) is 6.10 Å². The molecule has 1 amide bonds. The lowest BCUT2D eigenvalue weighted by Gasteiger charge is -2.18. The number of benzene rings is 1. The average molecular weight is 447 g/mol. The molecule has 1 saturated carbocycles. The Morgan fingerprint density at radius 2 is 1.97 bits per heavy atom. The number of ether oxygens (including phenoxy) is 1. The molecule has 2 aliphatic carbocycles. The van der Waals surface area contributed by atoms with Gasteiger partial charge in [0.1, 0.15) is 0 Å². The van der Waals surface area contributed by atoms with Crippen LogP contribution in [0, 0.1) is 0 Å². The summed E-state index contributed by atoms with van der Waals surface area (Å²) in [6, 6.07) is 12.0. The van der Waals surface area contributed by atoms with Gasteiger partial charge in [-0.25, -0.2) is 9.78 Å². The average Bonchev–Trinajstić information content (AvgIpc) is 3.56. The first-order valence-corrected chi connectivity index (χ1v) is 12.2. The number of hydrogen-bond acceptors (Lipinski definition) is 5. The number of amides is 1. The zero-order chi connectivity index (χ0) is 22.1. The number of carbonyl (C=O) groups excluding carboxylic acids is 2. The highest BCUT2D eigenvalue weighted by atomic mass is 32.1. The highest BCUT2D eigenvalue weighted by molar-refractivity contribution is 7.10. The van der Waals surface area contributed by atoms with Gasteiger partial charge in [0.05, 0.1) is 16.8 Å². The molecule has 164 valence electrons. The molecule has 1 fully saturated rings. The van der Waals surface area contributed by atoms with Gasteiger partial charge in [-0.1, -0.05) is 37.1 Å². The van der Waals surface area contributed by atoms with Crippen molar-refractivity contribution < 1.29 is 14.3 Å². The Hall–Kier alpha value is -2.99. The van der Waals surface area contributed by atoms with E-state index >= 15 is 0 Å². The molecule has 1 atom stereocenters. The van der Waals surface area contributed by atoms with Crippen molar-refractivity contribution in [3.05, 3.63) is 63.5 Å². The van der Waals surface area contributed by atoms with Gasteiger partial charge < -0.3 is 10.1 Å². The third kappa shape index (κ3) is 4.07. The van der Waals surface area contributed by atoms with Crippen molar-refractivity contribution >= 4 is 45.8 Å². The van der Waals surface area contributed by atoms with Crippen molar-refractivity contribution in [1.82, 2.24) is 10.3 Å². The summed E-state index contributed by atoms with van der Waals surface area (Å²) < 4.78 is 5.69. The normalized spacial score (nSPS) is 18.1. The van der Waals surface area contributed by atoms with Crippen molar-refractivity contribution in [2.45, 2.75) is 57.6 Å². The van der Waals surface area contributed by atoms with E-state index in [1.165, 1.54) is 4.88 Å². The van der Waals surface area contributed by atoms with Crippen LogP contribution in [0.2, 0.25) is 0 Å². The van der Waals surface area contributed by atoms with Crippen LogP contribution >= 0.6 is 11.3 Å². The lowest BCUT2D eigenvalue weighted by atomic mass is 10.0. The maximum absolute atomic E-state index is 13.3. The zero-order valence-electron chi connectivity index (χ0n) is 18.1. The second-order valence-electron chi connectivity index (χ2n) is 8.55. The van der Waals surface area contributed by atoms with E-state index in [1.54, 1.807) is 18.3 Å². The summed E-state index contributed by atoms with van der Waals surface area (Å²) in [5, 5.41) is 5.85. The SMILES string of the molecule is CC(OC(=O)c1c2c(nc3ccccc13)/C(=C\c1cccs1)CC2)C(=O)NC1CCCC1. The molecule has 2 heterocycles. The van der Waals surface area contributed by atoms with E-state index in [2.05, 4.69) is 22.8 Å². The van der Waals surface area contributed by atoms with Gasteiger partial charge in [0.25, 0.3) is 5.91 Å². The van der Waals surface area contributed by atoms with Crippen LogP contribution in [0.4, 0.5) is 0 Å². The number of fused-ring (bicyclic) bond motifs is 2. The number of pyridine rings is 1. The van der Waals surface area contributed by atoms with Crippen LogP contribution in [0.25, 0.3) is 22.6 Å². The van der Waals surface area contributed by atoms with E-state index in [9.17, 15) is 9.59 Å². The second kappa shape index (κ2) is 8.87. The number of para-hydroxylation sites is 1. The molecule has 2 aliphatic rings. The summed E-state index contributed by atoms with van der Waals surface area (Å²) in [4.78, 5) is 32.0. The molecule has 0 aliphatic heterocycles. The van der Waals surface area contributed by atoms with E-state index in [0.717, 1.165) is 66.3 Å². The number of thiophene rings is 1. The fourth-order valence-electron chi connectivity index (χ4n) is 4.72. The smallest absolute Gasteiger partial charge is 0.339 e. The maximum Gasteiger partial charge on any atom is 0.339 e. The Kier molecular flexibility index (Phi) is 5.79. The summed E-state index contributed by atoms with van der Waals surface area (Å²) in [6.07, 6.45) is 7.14. The molecule has 0 spiro atoms. The van der Waals surface area contributed by atoms with Crippen molar-refractivity contribution in [2.24, 2.45) is 0 Å². The lowest BCUT2D eigenvalue weighted by molar-refractivity contribution is -0.129. The number of aromatic nitrogens is 1. The van der Waals surface area contributed by atoms with E-state index < -0.39 is 12.1 Å². The van der Waals surface area contributed by atoms with Gasteiger partial charge in [-0.05, 0) is 67.3 Å². The van der Waals surface area contributed by atoms with Crippen LogP contribution in [0.3, 0.4) is 0 Å². The number of carbonyl (C=O) groups is 2. The molecule has 5 nitrogen and oxygen atoms in total. The first-order valence-electron chi connectivity index (χ1n) is 11.3. The topological polar surface area (TPSA) is 68.3 Å². The summed E-state index contributed by atoms with van der Waals surface area (Å²) in [6.45, 7) is 1.65. The minimum absolute atomic E-state index is 0.194. The predicted molar refractivity (Wildman–Crippen MR) is 128 cm³/mol. The molecule has 0 saturated heterocycles. The van der Waals surface area contributed by atoms with Gasteiger partial charge in [0, 0.05) is 16.3 Å². The Morgan fingerprint density at radius 1 is 1.16 bits per heavy atom. The number of allylic oxidation sites excluding steroid dienone is 1. The highest BCUT2D eigenvalue weighted by Gasteiger charge is 2.30. The molecular formula is C26H26N2O3S. The van der Waals surface area contributed by atoms with Gasteiger partial charge in [-0.15, -0.1) is 11.3 Å². The molecular weight excluding hydrogens is 420 g/mol. The monoisotopic (exact) mass is 446 g/mol. The number of nitrogens with zero attached hydrogens (tertiary/aromatic N) is 1. The van der Waals surface area contributed by atoms with Crippen molar-refractivity contribution in [3.8, 4) is 0 Å². The molecule has 3 aromatic rings. The largest absolute Gasteiger partial charge is 0.449 e. The van der Waals surface area contributed by atoms with E-state index in [1.807, 2.05) is 30.3 Å². The predicted octanol–water partition coefficient (Wildman–Crippen LogP) is 5.39. The van der Waals surface area contributed by atoms with Crippen molar-refractivity contribution in [1.29, 1.82) is 0 Å². The van der Waals surface area contributed by atoms with Gasteiger partial charge in [-0.2, -0.15) is 0 Å². The third-order valence-corrected chi connectivity index (χ3v) is 7.18. The molecule has 1 aromatic carbocycles. The van der Waals surface area contributed by atoms with Crippen LogP contribution in [0.15, 0.2) is 41.8 Å². The van der Waals surface area contributed by atoms with Gasteiger partial charge in [-0.3, -0.25) is 4.79 Å². The molecule has 0 radical (unpaired) electrons. The molecule has 5 rings (SSSR count). The fourth-order valence-corrected chi connectivity index (χ4v) is 5.40. The minimum Gasteiger partial charge on any atom is -0.449 e. The first-order chi connectivity index (χ1) is 15.6. The van der Waals surface area contributed by atoms with E-state index in [-0.39, 0.29) is 11.9 Å². The standard InChI is InChI=1S/C26H26N2O3S/c1-16(25(29)27-18-7-2-3-8-18)31-26(30)23-20-10-4-5-11-22(20)28-24-17(12-13-21(23)24)15-19-9-6-14-32-19/h4-6,9-11,14-16,18H,2-3,7-8,12-13H2,1H3,(H,27,29)/b17-15-. The summed E-state index contributed by atoms with van der Waals surface area (Å²) >= 11 is 1.68. The molecule has 1 unspecified atom stereocenters. The van der Waals surface area contributed by atoms with E-state index in [0.29, 0.717) is 5.56 Å². The summed E-state index contributed by atoms with van der Waals surface area (Å²) in [5.41, 5.74) is 4.22. The van der Waals surface area contributed by atoms with Crippen molar-refractivity contribution in [3.63, 3.8) is 0 Å². The fraction of sp³-hybridized carbons (Fsp3) is 0.346. The van der Waals surface area contributed by atoms with Gasteiger partial charge in [0.2, 0.25) is 0 Å². The van der Waals surface area contributed by atoms with Gasteiger partial charge >= 0.3 is 5.97 Å². The Labute approximate surface area is 191 Å². The molecule has 0 bridgehead atoms. The molecule has 6 heteroatoms. The van der Waals surface area contributed by atoms with Crippen LogP contribution in [-0.2, 0) is 16.0 Å². The Morgan fingerprint density at radius 3 is 2.75 bits per heavy atom. The number of hydrogen-bond donors (Lipinski definition) is 1. The lowest BCUT2D eigenvalue weighted by Crippen LogP contribution is -2.41.